The Kier molecular flexibility index (Phi) is 5.13. The van der Waals surface area contributed by atoms with Crippen LogP contribution in [-0.2, 0) is 13.0 Å². The first-order valence-electron chi connectivity index (χ1n) is 6.59. The number of thiazole rings is 1. The summed E-state index contributed by atoms with van der Waals surface area (Å²) < 4.78 is 13.8. The summed E-state index contributed by atoms with van der Waals surface area (Å²) in [6.07, 6.45) is 0.444. The Morgan fingerprint density at radius 2 is 2.15 bits per heavy atom. The van der Waals surface area contributed by atoms with Crippen molar-refractivity contribution < 1.29 is 4.39 Å². The van der Waals surface area contributed by atoms with E-state index in [1.807, 2.05) is 7.05 Å². The molecule has 5 heteroatoms. The van der Waals surface area contributed by atoms with Crippen molar-refractivity contribution in [2.45, 2.75) is 32.7 Å². The second-order valence-electron chi connectivity index (χ2n) is 4.98. The van der Waals surface area contributed by atoms with E-state index in [-0.39, 0.29) is 5.82 Å². The second-order valence-corrected chi connectivity index (χ2v) is 6.55. The van der Waals surface area contributed by atoms with Crippen LogP contribution in [0.2, 0.25) is 5.02 Å². The second kappa shape index (κ2) is 6.66. The summed E-state index contributed by atoms with van der Waals surface area (Å²) in [5.74, 6) is 0.0911. The molecule has 2 rings (SSSR count). The van der Waals surface area contributed by atoms with E-state index in [1.165, 1.54) is 10.9 Å². The van der Waals surface area contributed by atoms with Crippen LogP contribution in [0.4, 0.5) is 4.39 Å². The zero-order valence-electron chi connectivity index (χ0n) is 11.8. The Labute approximate surface area is 128 Å². The number of hydrogen-bond acceptors (Lipinski definition) is 3. The van der Waals surface area contributed by atoms with Gasteiger partial charge in [0.15, 0.2) is 0 Å². The van der Waals surface area contributed by atoms with Crippen LogP contribution < -0.4 is 5.32 Å². The third-order valence-corrected chi connectivity index (χ3v) is 4.47. The van der Waals surface area contributed by atoms with E-state index in [0.717, 1.165) is 17.2 Å². The van der Waals surface area contributed by atoms with Crippen molar-refractivity contribution >= 4 is 22.9 Å². The highest BCUT2D eigenvalue weighted by Gasteiger charge is 2.16. The average Bonchev–Trinajstić information content (AvgIpc) is 2.78. The standard InChI is InChI=1S/C15H18ClFN2S/c1-9(2)15-13(8-18-3)20-14(19-15)7-10-11(16)5-4-6-12(10)17/h4-6,9,18H,7-8H2,1-3H3. The van der Waals surface area contributed by atoms with E-state index < -0.39 is 0 Å². The molecule has 0 spiro atoms. The summed E-state index contributed by atoms with van der Waals surface area (Å²) in [6, 6.07) is 4.77. The number of hydrogen-bond donors (Lipinski definition) is 1. The SMILES string of the molecule is CNCc1sc(Cc2c(F)cccc2Cl)nc1C(C)C. The van der Waals surface area contributed by atoms with Crippen molar-refractivity contribution in [3.63, 3.8) is 0 Å². The molecular formula is C15H18ClFN2S. The van der Waals surface area contributed by atoms with Crippen molar-refractivity contribution in [2.24, 2.45) is 0 Å². The third-order valence-electron chi connectivity index (χ3n) is 3.05. The molecule has 0 aliphatic heterocycles. The molecule has 0 saturated carbocycles. The van der Waals surface area contributed by atoms with Crippen LogP contribution in [0.1, 0.15) is 40.9 Å². The lowest BCUT2D eigenvalue weighted by Gasteiger charge is -2.04. The summed E-state index contributed by atoms with van der Waals surface area (Å²) in [5, 5.41) is 4.52. The minimum absolute atomic E-state index is 0.269. The quantitative estimate of drug-likeness (QED) is 0.887. The first kappa shape index (κ1) is 15.4. The third kappa shape index (κ3) is 3.37. The number of aromatic nitrogens is 1. The summed E-state index contributed by atoms with van der Waals surface area (Å²) in [7, 11) is 1.91. The van der Waals surface area contributed by atoms with Gasteiger partial charge >= 0.3 is 0 Å². The molecule has 0 amide bonds. The van der Waals surface area contributed by atoms with Crippen LogP contribution in [0.15, 0.2) is 18.2 Å². The summed E-state index contributed by atoms with van der Waals surface area (Å²) in [6.45, 7) is 5.03. The van der Waals surface area contributed by atoms with Gasteiger partial charge in [0.1, 0.15) is 5.82 Å². The topological polar surface area (TPSA) is 24.9 Å². The van der Waals surface area contributed by atoms with Gasteiger partial charge in [-0.2, -0.15) is 0 Å². The lowest BCUT2D eigenvalue weighted by molar-refractivity contribution is 0.614. The van der Waals surface area contributed by atoms with Gasteiger partial charge in [0.2, 0.25) is 0 Å². The maximum atomic E-state index is 13.8. The Hall–Kier alpha value is -0.970. The molecule has 0 atom stereocenters. The van der Waals surface area contributed by atoms with Gasteiger partial charge in [0.25, 0.3) is 0 Å². The predicted octanol–water partition coefficient (Wildman–Crippen LogP) is 4.37. The fourth-order valence-electron chi connectivity index (χ4n) is 2.08. The van der Waals surface area contributed by atoms with E-state index in [1.54, 1.807) is 23.5 Å². The van der Waals surface area contributed by atoms with Gasteiger partial charge in [0, 0.05) is 28.4 Å². The molecule has 2 aromatic rings. The summed E-state index contributed by atoms with van der Waals surface area (Å²) in [4.78, 5) is 5.87. The molecule has 0 aliphatic carbocycles. The molecule has 1 heterocycles. The largest absolute Gasteiger partial charge is 0.315 e. The van der Waals surface area contributed by atoms with Crippen molar-refractivity contribution in [2.75, 3.05) is 7.05 Å². The van der Waals surface area contributed by atoms with Crippen molar-refractivity contribution in [3.8, 4) is 0 Å². The fraction of sp³-hybridized carbons (Fsp3) is 0.400. The van der Waals surface area contributed by atoms with Gasteiger partial charge in [-0.05, 0) is 25.1 Å². The number of nitrogens with one attached hydrogen (secondary N) is 1. The molecule has 0 saturated heterocycles. The van der Waals surface area contributed by atoms with Gasteiger partial charge in [-0.15, -0.1) is 11.3 Å². The molecule has 0 aliphatic rings. The van der Waals surface area contributed by atoms with Crippen LogP contribution >= 0.6 is 22.9 Å². The Morgan fingerprint density at radius 3 is 2.75 bits per heavy atom. The Balaban J connectivity index is 2.32. The van der Waals surface area contributed by atoms with E-state index in [4.69, 9.17) is 11.6 Å². The maximum Gasteiger partial charge on any atom is 0.128 e. The normalized spacial score (nSPS) is 11.3. The van der Waals surface area contributed by atoms with Gasteiger partial charge in [0.05, 0.1) is 10.7 Å². The summed E-state index contributed by atoms with van der Waals surface area (Å²) in [5.41, 5.74) is 1.61. The zero-order chi connectivity index (χ0) is 14.7. The lowest BCUT2D eigenvalue weighted by atomic mass is 10.1. The van der Waals surface area contributed by atoms with Crippen LogP contribution in [0.5, 0.6) is 0 Å². The molecule has 108 valence electrons. The van der Waals surface area contributed by atoms with Gasteiger partial charge < -0.3 is 5.32 Å². The van der Waals surface area contributed by atoms with Crippen LogP contribution in [0.3, 0.4) is 0 Å². The molecule has 1 aromatic heterocycles. The number of rotatable bonds is 5. The monoisotopic (exact) mass is 312 g/mol. The molecule has 0 fully saturated rings. The summed E-state index contributed by atoms with van der Waals surface area (Å²) >= 11 is 7.70. The molecule has 2 nitrogen and oxygen atoms in total. The number of benzene rings is 1. The molecule has 0 radical (unpaired) electrons. The molecule has 0 bridgehead atoms. The first-order chi connectivity index (χ1) is 9.52. The molecular weight excluding hydrogens is 295 g/mol. The molecule has 1 aromatic carbocycles. The highest BCUT2D eigenvalue weighted by molar-refractivity contribution is 7.11. The fourth-order valence-corrected chi connectivity index (χ4v) is 3.56. The van der Waals surface area contributed by atoms with E-state index in [2.05, 4.69) is 24.1 Å². The van der Waals surface area contributed by atoms with Crippen LogP contribution in [0, 0.1) is 5.82 Å². The molecule has 20 heavy (non-hydrogen) atoms. The van der Waals surface area contributed by atoms with Crippen molar-refractivity contribution in [1.29, 1.82) is 0 Å². The average molecular weight is 313 g/mol. The highest BCUT2D eigenvalue weighted by atomic mass is 35.5. The zero-order valence-corrected chi connectivity index (χ0v) is 13.4. The minimum Gasteiger partial charge on any atom is -0.315 e. The van der Waals surface area contributed by atoms with E-state index in [0.29, 0.717) is 22.9 Å². The smallest absolute Gasteiger partial charge is 0.128 e. The van der Waals surface area contributed by atoms with Gasteiger partial charge in [-0.25, -0.2) is 9.37 Å². The minimum atomic E-state index is -0.269. The van der Waals surface area contributed by atoms with Crippen molar-refractivity contribution in [1.82, 2.24) is 10.3 Å². The number of halogens is 2. The van der Waals surface area contributed by atoms with Gasteiger partial charge in [-0.1, -0.05) is 31.5 Å². The Morgan fingerprint density at radius 1 is 1.40 bits per heavy atom. The van der Waals surface area contributed by atoms with Crippen LogP contribution in [0.25, 0.3) is 0 Å². The van der Waals surface area contributed by atoms with Crippen LogP contribution in [-0.4, -0.2) is 12.0 Å². The van der Waals surface area contributed by atoms with E-state index in [9.17, 15) is 4.39 Å². The maximum absolute atomic E-state index is 13.8. The number of nitrogens with zero attached hydrogens (tertiary/aromatic N) is 1. The highest BCUT2D eigenvalue weighted by Crippen LogP contribution is 2.29. The van der Waals surface area contributed by atoms with Crippen molar-refractivity contribution in [3.05, 3.63) is 50.2 Å². The molecule has 1 N–H and O–H groups in total. The van der Waals surface area contributed by atoms with E-state index >= 15 is 0 Å². The predicted molar refractivity (Wildman–Crippen MR) is 83.2 cm³/mol. The first-order valence-corrected chi connectivity index (χ1v) is 7.78. The lowest BCUT2D eigenvalue weighted by Crippen LogP contribution is -2.06. The molecule has 0 unspecified atom stereocenters. The Bertz CT molecular complexity index is 575. The van der Waals surface area contributed by atoms with Gasteiger partial charge in [-0.3, -0.25) is 0 Å².